The van der Waals surface area contributed by atoms with Crippen LogP contribution in [0.5, 0.6) is 5.75 Å². The predicted molar refractivity (Wildman–Crippen MR) is 77.6 cm³/mol. The van der Waals surface area contributed by atoms with Gasteiger partial charge in [-0.25, -0.2) is 4.39 Å². The molecule has 2 aromatic carbocycles. The SMILES string of the molecule is FCCOc1ccc2ccccc2c1C#CCCCl. The summed E-state index contributed by atoms with van der Waals surface area (Å²) in [6.07, 6.45) is 0.618. The molecule has 0 aliphatic rings. The van der Waals surface area contributed by atoms with Gasteiger partial charge < -0.3 is 4.74 Å². The number of benzene rings is 2. The van der Waals surface area contributed by atoms with Gasteiger partial charge in [-0.2, -0.15) is 0 Å². The Kier molecular flexibility index (Phi) is 5.06. The topological polar surface area (TPSA) is 9.23 Å². The van der Waals surface area contributed by atoms with Crippen molar-refractivity contribution in [1.82, 2.24) is 0 Å². The number of rotatable bonds is 4. The Hall–Kier alpha value is -1.72. The molecule has 98 valence electrons. The molecule has 0 amide bonds. The zero-order chi connectivity index (χ0) is 13.5. The van der Waals surface area contributed by atoms with E-state index in [0.717, 1.165) is 16.3 Å². The van der Waals surface area contributed by atoms with Crippen LogP contribution < -0.4 is 4.74 Å². The molecule has 0 aliphatic carbocycles. The van der Waals surface area contributed by atoms with Gasteiger partial charge in [-0.15, -0.1) is 11.6 Å². The van der Waals surface area contributed by atoms with Gasteiger partial charge in [0.25, 0.3) is 0 Å². The molecule has 2 rings (SSSR count). The third-order valence-electron chi connectivity index (χ3n) is 2.66. The summed E-state index contributed by atoms with van der Waals surface area (Å²) in [5.41, 5.74) is 0.802. The highest BCUT2D eigenvalue weighted by molar-refractivity contribution is 6.18. The molecule has 0 heterocycles. The summed E-state index contributed by atoms with van der Waals surface area (Å²) < 4.78 is 17.7. The minimum absolute atomic E-state index is 0.0442. The minimum Gasteiger partial charge on any atom is -0.490 e. The van der Waals surface area contributed by atoms with Gasteiger partial charge in [-0.3, -0.25) is 0 Å². The van der Waals surface area contributed by atoms with Gasteiger partial charge in [0.1, 0.15) is 19.0 Å². The van der Waals surface area contributed by atoms with Crippen LogP contribution in [0.1, 0.15) is 12.0 Å². The van der Waals surface area contributed by atoms with Crippen molar-refractivity contribution >= 4 is 22.4 Å². The van der Waals surface area contributed by atoms with Crippen LogP contribution in [0.3, 0.4) is 0 Å². The molecule has 2 aromatic rings. The lowest BCUT2D eigenvalue weighted by Gasteiger charge is -2.09. The van der Waals surface area contributed by atoms with Crippen molar-refractivity contribution in [2.45, 2.75) is 6.42 Å². The molecule has 0 bridgehead atoms. The second-order valence-corrected chi connectivity index (χ2v) is 4.32. The van der Waals surface area contributed by atoms with Crippen LogP contribution in [0.15, 0.2) is 36.4 Å². The Bertz CT molecular complexity index is 613. The van der Waals surface area contributed by atoms with E-state index in [2.05, 4.69) is 11.8 Å². The van der Waals surface area contributed by atoms with Crippen LogP contribution in [0, 0.1) is 11.8 Å². The summed E-state index contributed by atoms with van der Waals surface area (Å²) in [6.45, 7) is -0.468. The van der Waals surface area contributed by atoms with Crippen molar-refractivity contribution in [3.05, 3.63) is 42.0 Å². The average Bonchev–Trinajstić information content (AvgIpc) is 2.46. The van der Waals surface area contributed by atoms with Gasteiger partial charge in [0, 0.05) is 17.7 Å². The lowest BCUT2D eigenvalue weighted by Crippen LogP contribution is -2.00. The number of alkyl halides is 2. The molecule has 0 unspecified atom stereocenters. The summed E-state index contributed by atoms with van der Waals surface area (Å²) >= 11 is 5.63. The Labute approximate surface area is 117 Å². The molecule has 1 nitrogen and oxygen atoms in total. The predicted octanol–water partition coefficient (Wildman–Crippen LogP) is 4.17. The number of hydrogen-bond donors (Lipinski definition) is 0. The monoisotopic (exact) mass is 276 g/mol. The fourth-order valence-electron chi connectivity index (χ4n) is 1.85. The average molecular weight is 277 g/mol. The van der Waals surface area contributed by atoms with E-state index >= 15 is 0 Å². The third-order valence-corrected chi connectivity index (χ3v) is 2.85. The lowest BCUT2D eigenvalue weighted by atomic mass is 10.0. The van der Waals surface area contributed by atoms with Gasteiger partial charge in [0.2, 0.25) is 0 Å². The second-order valence-electron chi connectivity index (χ2n) is 3.94. The lowest BCUT2D eigenvalue weighted by molar-refractivity contribution is 0.273. The summed E-state index contributed by atoms with van der Waals surface area (Å²) in [5.74, 6) is 7.21. The number of fused-ring (bicyclic) bond motifs is 1. The van der Waals surface area contributed by atoms with Crippen molar-refractivity contribution in [3.63, 3.8) is 0 Å². The van der Waals surface area contributed by atoms with E-state index in [0.29, 0.717) is 18.1 Å². The standard InChI is InChI=1S/C16H14ClFO/c17-10-4-3-7-15-14-6-2-1-5-13(14)8-9-16(15)19-12-11-18/h1-2,5-6,8-9H,4,10-12H2. The summed E-state index contributed by atoms with van der Waals surface area (Å²) in [4.78, 5) is 0. The van der Waals surface area contributed by atoms with Gasteiger partial charge in [0.05, 0.1) is 5.56 Å². The highest BCUT2D eigenvalue weighted by Crippen LogP contribution is 2.27. The molecule has 0 N–H and O–H groups in total. The summed E-state index contributed by atoms with van der Waals surface area (Å²) in [5, 5.41) is 2.10. The van der Waals surface area contributed by atoms with E-state index in [1.54, 1.807) is 0 Å². The molecule has 0 saturated heterocycles. The first-order chi connectivity index (χ1) is 9.36. The van der Waals surface area contributed by atoms with Crippen molar-refractivity contribution in [1.29, 1.82) is 0 Å². The van der Waals surface area contributed by atoms with Crippen molar-refractivity contribution in [2.75, 3.05) is 19.2 Å². The zero-order valence-electron chi connectivity index (χ0n) is 10.5. The van der Waals surface area contributed by atoms with Crippen molar-refractivity contribution in [3.8, 4) is 17.6 Å². The largest absolute Gasteiger partial charge is 0.490 e. The molecule has 3 heteroatoms. The molecule has 0 radical (unpaired) electrons. The van der Waals surface area contributed by atoms with Crippen LogP contribution in [-0.4, -0.2) is 19.2 Å². The highest BCUT2D eigenvalue weighted by Gasteiger charge is 2.06. The Morgan fingerprint density at radius 2 is 2.00 bits per heavy atom. The molecular weight excluding hydrogens is 263 g/mol. The Morgan fingerprint density at radius 3 is 2.79 bits per heavy atom. The third kappa shape index (κ3) is 3.39. The van der Waals surface area contributed by atoms with Crippen LogP contribution in [0.2, 0.25) is 0 Å². The smallest absolute Gasteiger partial charge is 0.135 e. The molecule has 0 fully saturated rings. The quantitative estimate of drug-likeness (QED) is 0.602. The van der Waals surface area contributed by atoms with Crippen LogP contribution in [-0.2, 0) is 0 Å². The van der Waals surface area contributed by atoms with Gasteiger partial charge in [-0.05, 0) is 11.5 Å². The molecule has 0 spiro atoms. The van der Waals surface area contributed by atoms with Gasteiger partial charge >= 0.3 is 0 Å². The van der Waals surface area contributed by atoms with Crippen molar-refractivity contribution in [2.24, 2.45) is 0 Å². The maximum absolute atomic E-state index is 12.3. The number of ether oxygens (including phenoxy) is 1. The van der Waals surface area contributed by atoms with E-state index < -0.39 is 6.67 Å². The summed E-state index contributed by atoms with van der Waals surface area (Å²) in [6, 6.07) is 11.7. The van der Waals surface area contributed by atoms with Crippen LogP contribution in [0.4, 0.5) is 4.39 Å². The van der Waals surface area contributed by atoms with Crippen LogP contribution in [0.25, 0.3) is 10.8 Å². The zero-order valence-corrected chi connectivity index (χ0v) is 11.2. The summed E-state index contributed by atoms with van der Waals surface area (Å²) in [7, 11) is 0. The first-order valence-corrected chi connectivity index (χ1v) is 6.65. The molecular formula is C16H14ClFO. The maximum Gasteiger partial charge on any atom is 0.135 e. The van der Waals surface area contributed by atoms with E-state index in [9.17, 15) is 4.39 Å². The minimum atomic E-state index is -0.513. The Balaban J connectivity index is 2.49. The molecule has 19 heavy (non-hydrogen) atoms. The Morgan fingerprint density at radius 1 is 1.16 bits per heavy atom. The first-order valence-electron chi connectivity index (χ1n) is 6.12. The molecule has 0 aromatic heterocycles. The van der Waals surface area contributed by atoms with E-state index in [1.165, 1.54) is 0 Å². The molecule has 0 atom stereocenters. The van der Waals surface area contributed by atoms with E-state index in [4.69, 9.17) is 16.3 Å². The van der Waals surface area contributed by atoms with Crippen molar-refractivity contribution < 1.29 is 9.13 Å². The van der Waals surface area contributed by atoms with Gasteiger partial charge in [-0.1, -0.05) is 42.2 Å². The fraction of sp³-hybridized carbons (Fsp3) is 0.250. The fourth-order valence-corrected chi connectivity index (χ4v) is 1.94. The maximum atomic E-state index is 12.3. The second kappa shape index (κ2) is 7.01. The molecule has 0 saturated carbocycles. The molecule has 0 aliphatic heterocycles. The number of halogens is 2. The highest BCUT2D eigenvalue weighted by atomic mass is 35.5. The van der Waals surface area contributed by atoms with Crippen LogP contribution >= 0.6 is 11.6 Å². The van der Waals surface area contributed by atoms with Gasteiger partial charge in [0.15, 0.2) is 0 Å². The number of hydrogen-bond acceptors (Lipinski definition) is 1. The van der Waals surface area contributed by atoms with E-state index in [1.807, 2.05) is 36.4 Å². The normalized spacial score (nSPS) is 10.0. The first kappa shape index (κ1) is 13.7. The van der Waals surface area contributed by atoms with E-state index in [-0.39, 0.29) is 6.61 Å².